The van der Waals surface area contributed by atoms with E-state index in [2.05, 4.69) is 40.5 Å². The molecule has 1 aromatic heterocycles. The number of amides is 1. The van der Waals surface area contributed by atoms with Gasteiger partial charge in [-0.25, -0.2) is 4.68 Å². The van der Waals surface area contributed by atoms with Gasteiger partial charge in [0.25, 0.3) is 5.91 Å². The van der Waals surface area contributed by atoms with E-state index in [0.717, 1.165) is 73.1 Å². The SMILES string of the molecule is COc1cccc(CN2C(=O)c3cc(-c4cnn(C5CCCCO5)c4)ccc3C23CCCC3)c1. The number of fused-ring (bicyclic) bond motifs is 2. The highest BCUT2D eigenvalue weighted by molar-refractivity contribution is 6.01. The molecule has 0 bridgehead atoms. The molecule has 0 radical (unpaired) electrons. The molecule has 1 saturated heterocycles. The van der Waals surface area contributed by atoms with E-state index >= 15 is 0 Å². The van der Waals surface area contributed by atoms with Crippen molar-refractivity contribution in [1.29, 1.82) is 0 Å². The number of methoxy groups -OCH3 is 1. The van der Waals surface area contributed by atoms with Gasteiger partial charge in [-0.05, 0) is 67.0 Å². The third-order valence-electron chi connectivity index (χ3n) is 7.80. The third kappa shape index (κ3) is 3.52. The molecule has 1 spiro atoms. The first-order valence-corrected chi connectivity index (χ1v) is 12.4. The lowest BCUT2D eigenvalue weighted by molar-refractivity contribution is -0.0394. The minimum atomic E-state index is -0.200. The van der Waals surface area contributed by atoms with Crippen LogP contribution in [0, 0.1) is 0 Å². The van der Waals surface area contributed by atoms with Crippen molar-refractivity contribution in [2.45, 2.75) is 63.3 Å². The molecular formula is C28H31N3O3. The highest BCUT2D eigenvalue weighted by Crippen LogP contribution is 2.51. The maximum Gasteiger partial charge on any atom is 0.255 e. The lowest BCUT2D eigenvalue weighted by Gasteiger charge is -2.36. The molecule has 0 N–H and O–H groups in total. The fraction of sp³-hybridized carbons (Fsp3) is 0.429. The largest absolute Gasteiger partial charge is 0.497 e. The van der Waals surface area contributed by atoms with Crippen molar-refractivity contribution < 1.29 is 14.3 Å². The Labute approximate surface area is 200 Å². The number of rotatable bonds is 5. The van der Waals surface area contributed by atoms with Crippen LogP contribution in [0.1, 0.15) is 72.7 Å². The van der Waals surface area contributed by atoms with Crippen LogP contribution in [-0.4, -0.2) is 34.3 Å². The molecule has 3 heterocycles. The smallest absolute Gasteiger partial charge is 0.255 e. The Morgan fingerprint density at radius 3 is 2.76 bits per heavy atom. The number of benzene rings is 2. The second-order valence-corrected chi connectivity index (χ2v) is 9.77. The second kappa shape index (κ2) is 8.58. The number of hydrogen-bond donors (Lipinski definition) is 0. The summed E-state index contributed by atoms with van der Waals surface area (Å²) in [5, 5.41) is 4.57. The molecular weight excluding hydrogens is 426 g/mol. The van der Waals surface area contributed by atoms with Crippen molar-refractivity contribution in [1.82, 2.24) is 14.7 Å². The van der Waals surface area contributed by atoms with Crippen molar-refractivity contribution in [2.75, 3.05) is 13.7 Å². The van der Waals surface area contributed by atoms with Gasteiger partial charge in [-0.2, -0.15) is 5.10 Å². The number of carbonyl (C=O) groups is 1. The van der Waals surface area contributed by atoms with Gasteiger partial charge in [0.05, 0.1) is 18.8 Å². The number of nitrogens with zero attached hydrogens (tertiary/aromatic N) is 3. The average molecular weight is 458 g/mol. The van der Waals surface area contributed by atoms with Gasteiger partial charge in [0.1, 0.15) is 12.0 Å². The molecule has 3 aromatic rings. The summed E-state index contributed by atoms with van der Waals surface area (Å²) in [4.78, 5) is 15.9. The van der Waals surface area contributed by atoms with Gasteiger partial charge in [-0.3, -0.25) is 4.79 Å². The van der Waals surface area contributed by atoms with Gasteiger partial charge in [0.2, 0.25) is 0 Å². The van der Waals surface area contributed by atoms with Crippen LogP contribution >= 0.6 is 0 Å². The van der Waals surface area contributed by atoms with Gasteiger partial charge < -0.3 is 14.4 Å². The Balaban J connectivity index is 1.33. The molecule has 1 saturated carbocycles. The van der Waals surface area contributed by atoms with Crippen LogP contribution in [0.5, 0.6) is 5.75 Å². The van der Waals surface area contributed by atoms with E-state index < -0.39 is 0 Å². The summed E-state index contributed by atoms with van der Waals surface area (Å²) in [6.45, 7) is 1.38. The van der Waals surface area contributed by atoms with E-state index in [1.165, 1.54) is 12.0 Å². The van der Waals surface area contributed by atoms with Crippen LogP contribution in [0.15, 0.2) is 54.9 Å². The van der Waals surface area contributed by atoms with E-state index in [1.807, 2.05) is 29.1 Å². The van der Waals surface area contributed by atoms with Crippen LogP contribution in [0.25, 0.3) is 11.1 Å². The Kier molecular flexibility index (Phi) is 5.41. The molecule has 6 nitrogen and oxygen atoms in total. The topological polar surface area (TPSA) is 56.6 Å². The molecule has 1 unspecified atom stereocenters. The molecule has 1 atom stereocenters. The summed E-state index contributed by atoms with van der Waals surface area (Å²) in [6, 6.07) is 14.5. The average Bonchev–Trinajstić information content (AvgIpc) is 3.62. The molecule has 2 aliphatic heterocycles. The second-order valence-electron chi connectivity index (χ2n) is 9.77. The van der Waals surface area contributed by atoms with Gasteiger partial charge in [0.15, 0.2) is 0 Å². The predicted octanol–water partition coefficient (Wildman–Crippen LogP) is 5.68. The first kappa shape index (κ1) is 21.4. The maximum absolute atomic E-state index is 13.8. The highest BCUT2D eigenvalue weighted by atomic mass is 16.5. The van der Waals surface area contributed by atoms with E-state index in [0.29, 0.717) is 6.54 Å². The van der Waals surface area contributed by atoms with Gasteiger partial charge in [-0.1, -0.05) is 37.1 Å². The van der Waals surface area contributed by atoms with Crippen molar-refractivity contribution in [3.05, 3.63) is 71.5 Å². The summed E-state index contributed by atoms with van der Waals surface area (Å²) < 4.78 is 13.2. The molecule has 34 heavy (non-hydrogen) atoms. The zero-order valence-corrected chi connectivity index (χ0v) is 19.7. The number of carbonyl (C=O) groups excluding carboxylic acids is 1. The van der Waals surface area contributed by atoms with Crippen LogP contribution < -0.4 is 4.74 Å². The minimum absolute atomic E-state index is 0.0127. The number of hydrogen-bond acceptors (Lipinski definition) is 4. The summed E-state index contributed by atoms with van der Waals surface area (Å²) in [6.07, 6.45) is 11.6. The fourth-order valence-electron chi connectivity index (χ4n) is 6.04. The van der Waals surface area contributed by atoms with Crippen LogP contribution in [0.2, 0.25) is 0 Å². The lowest BCUT2D eigenvalue weighted by Crippen LogP contribution is -2.41. The van der Waals surface area contributed by atoms with E-state index in [1.54, 1.807) is 7.11 Å². The molecule has 176 valence electrons. The van der Waals surface area contributed by atoms with E-state index in [-0.39, 0.29) is 17.7 Å². The molecule has 1 aliphatic carbocycles. The lowest BCUT2D eigenvalue weighted by atomic mass is 9.86. The van der Waals surface area contributed by atoms with Crippen molar-refractivity contribution in [2.24, 2.45) is 0 Å². The van der Waals surface area contributed by atoms with Crippen molar-refractivity contribution in [3.63, 3.8) is 0 Å². The summed E-state index contributed by atoms with van der Waals surface area (Å²) >= 11 is 0. The monoisotopic (exact) mass is 457 g/mol. The fourth-order valence-corrected chi connectivity index (χ4v) is 6.04. The maximum atomic E-state index is 13.8. The standard InChI is InChI=1S/C28H31N3O3/c1-33-23-8-6-7-20(15-23)18-30-27(32)24-16-21(10-11-25(24)28(30)12-3-4-13-28)22-17-29-31(19-22)26-9-2-5-14-34-26/h6-8,10-11,15-17,19,26H,2-5,9,12-14,18H2,1H3. The molecule has 2 fully saturated rings. The van der Waals surface area contributed by atoms with E-state index in [9.17, 15) is 4.79 Å². The van der Waals surface area contributed by atoms with Crippen LogP contribution in [-0.2, 0) is 16.8 Å². The summed E-state index contributed by atoms with van der Waals surface area (Å²) in [5.41, 5.74) is 4.98. The Bertz CT molecular complexity index is 1210. The number of ether oxygens (including phenoxy) is 2. The first-order valence-electron chi connectivity index (χ1n) is 12.4. The van der Waals surface area contributed by atoms with Crippen molar-refractivity contribution in [3.8, 4) is 16.9 Å². The molecule has 6 heteroatoms. The quantitative estimate of drug-likeness (QED) is 0.494. The Morgan fingerprint density at radius 1 is 1.09 bits per heavy atom. The molecule has 2 aromatic carbocycles. The van der Waals surface area contributed by atoms with Gasteiger partial charge in [-0.15, -0.1) is 0 Å². The predicted molar refractivity (Wildman–Crippen MR) is 130 cm³/mol. The third-order valence-corrected chi connectivity index (χ3v) is 7.80. The summed E-state index contributed by atoms with van der Waals surface area (Å²) in [5.74, 6) is 0.952. The molecule has 6 rings (SSSR count). The molecule has 3 aliphatic rings. The highest BCUT2D eigenvalue weighted by Gasteiger charge is 2.50. The van der Waals surface area contributed by atoms with Crippen LogP contribution in [0.3, 0.4) is 0 Å². The number of aromatic nitrogens is 2. The van der Waals surface area contributed by atoms with Gasteiger partial charge >= 0.3 is 0 Å². The van der Waals surface area contributed by atoms with Crippen molar-refractivity contribution >= 4 is 5.91 Å². The normalized spacial score (nSPS) is 21.3. The molecule has 1 amide bonds. The zero-order chi connectivity index (χ0) is 23.1. The minimum Gasteiger partial charge on any atom is -0.497 e. The Morgan fingerprint density at radius 2 is 1.97 bits per heavy atom. The Hall–Kier alpha value is -3.12. The first-order chi connectivity index (χ1) is 16.7. The summed E-state index contributed by atoms with van der Waals surface area (Å²) in [7, 11) is 1.68. The van der Waals surface area contributed by atoms with E-state index in [4.69, 9.17) is 9.47 Å². The van der Waals surface area contributed by atoms with Crippen LogP contribution in [0.4, 0.5) is 0 Å². The zero-order valence-electron chi connectivity index (χ0n) is 19.7. The van der Waals surface area contributed by atoms with Gasteiger partial charge in [0, 0.05) is 30.5 Å².